The molecule has 1 saturated heterocycles. The van der Waals surface area contributed by atoms with Crippen LogP contribution in [0.15, 0.2) is 24.3 Å². The summed E-state index contributed by atoms with van der Waals surface area (Å²) in [5.41, 5.74) is 1.31. The summed E-state index contributed by atoms with van der Waals surface area (Å²) < 4.78 is 11.0. The van der Waals surface area contributed by atoms with Crippen molar-refractivity contribution in [2.45, 2.75) is 44.8 Å². The van der Waals surface area contributed by atoms with Gasteiger partial charge in [0.25, 0.3) is 5.91 Å². The molecule has 1 aliphatic rings. The molecular weight excluding hydrogens is 298 g/mol. The number of carbonyl (C=O) groups excluding carboxylic acids is 1. The highest BCUT2D eigenvalue weighted by Crippen LogP contribution is 2.18. The molecule has 1 fully saturated rings. The number of hydrogen-bond donors (Lipinski definition) is 2. The topological polar surface area (TPSA) is 84.9 Å². The second-order valence-electron chi connectivity index (χ2n) is 5.78. The Labute approximate surface area is 135 Å². The number of ether oxygens (including phenoxy) is 2. The van der Waals surface area contributed by atoms with E-state index in [4.69, 9.17) is 14.6 Å². The van der Waals surface area contributed by atoms with Gasteiger partial charge in [0.05, 0.1) is 18.6 Å². The van der Waals surface area contributed by atoms with Crippen molar-refractivity contribution in [1.29, 1.82) is 0 Å². The number of hydrogen-bond acceptors (Lipinski definition) is 4. The van der Waals surface area contributed by atoms with E-state index < -0.39 is 18.0 Å². The van der Waals surface area contributed by atoms with Crippen LogP contribution in [0.2, 0.25) is 0 Å². The Bertz CT molecular complexity index is 536. The van der Waals surface area contributed by atoms with Crippen LogP contribution in [0.4, 0.5) is 5.69 Å². The molecule has 1 aliphatic heterocycles. The summed E-state index contributed by atoms with van der Waals surface area (Å²) in [6, 6.07) is 6.79. The lowest BCUT2D eigenvalue weighted by molar-refractivity contribution is -0.138. The van der Waals surface area contributed by atoms with E-state index in [-0.39, 0.29) is 12.0 Å². The third-order valence-corrected chi connectivity index (χ3v) is 3.97. The molecule has 0 spiro atoms. The van der Waals surface area contributed by atoms with Gasteiger partial charge in [0.2, 0.25) is 0 Å². The fourth-order valence-corrected chi connectivity index (χ4v) is 2.34. The lowest BCUT2D eigenvalue weighted by atomic mass is 10.0. The minimum atomic E-state index is -0.877. The summed E-state index contributed by atoms with van der Waals surface area (Å²) in [6.07, 6.45) is 1.52. The molecule has 0 aromatic heterocycles. The molecule has 1 aromatic rings. The van der Waals surface area contributed by atoms with Gasteiger partial charge in [0.1, 0.15) is 6.10 Å². The summed E-state index contributed by atoms with van der Waals surface area (Å²) in [7, 11) is 0. The molecule has 3 unspecified atom stereocenters. The van der Waals surface area contributed by atoms with Gasteiger partial charge in [-0.1, -0.05) is 12.1 Å². The van der Waals surface area contributed by atoms with Gasteiger partial charge in [0.15, 0.2) is 0 Å². The average molecular weight is 321 g/mol. The van der Waals surface area contributed by atoms with Gasteiger partial charge in [-0.3, -0.25) is 9.59 Å². The molecular formula is C17H23NO5. The molecule has 1 heterocycles. The zero-order chi connectivity index (χ0) is 16.8. The van der Waals surface area contributed by atoms with E-state index in [0.717, 1.165) is 19.4 Å². The maximum atomic E-state index is 12.1. The van der Waals surface area contributed by atoms with E-state index >= 15 is 0 Å². The van der Waals surface area contributed by atoms with Crippen molar-refractivity contribution >= 4 is 17.6 Å². The number of carboxylic acid groups (broad SMARTS) is 1. The SMILES string of the molecule is CC(OCC1CCCO1)C(=O)Nc1ccc(C(C)C(=O)O)cc1. The first kappa shape index (κ1) is 17.4. The normalized spacial score (nSPS) is 20.0. The molecule has 2 rings (SSSR count). The van der Waals surface area contributed by atoms with E-state index in [1.54, 1.807) is 38.1 Å². The number of anilines is 1. The quantitative estimate of drug-likeness (QED) is 0.805. The lowest BCUT2D eigenvalue weighted by Crippen LogP contribution is -2.30. The minimum Gasteiger partial charge on any atom is -0.481 e. The third kappa shape index (κ3) is 5.04. The predicted octanol–water partition coefficient (Wildman–Crippen LogP) is 2.40. The van der Waals surface area contributed by atoms with Crippen molar-refractivity contribution in [1.82, 2.24) is 0 Å². The number of rotatable bonds is 7. The number of aliphatic carboxylic acids is 1. The average Bonchev–Trinajstić information content (AvgIpc) is 3.05. The smallest absolute Gasteiger partial charge is 0.310 e. The van der Waals surface area contributed by atoms with Crippen LogP contribution in [-0.4, -0.2) is 42.4 Å². The van der Waals surface area contributed by atoms with Gasteiger partial charge >= 0.3 is 5.97 Å². The molecule has 2 N–H and O–H groups in total. The Morgan fingerprint density at radius 1 is 1.35 bits per heavy atom. The molecule has 23 heavy (non-hydrogen) atoms. The second-order valence-corrected chi connectivity index (χ2v) is 5.78. The lowest BCUT2D eigenvalue weighted by Gasteiger charge is -2.16. The maximum absolute atomic E-state index is 12.1. The standard InChI is InChI=1S/C17H23NO5/c1-11(17(20)21)13-5-7-14(8-6-13)18-16(19)12(2)23-10-15-4-3-9-22-15/h5-8,11-12,15H,3-4,9-10H2,1-2H3,(H,18,19)(H,20,21). The van der Waals surface area contributed by atoms with E-state index in [2.05, 4.69) is 5.32 Å². The van der Waals surface area contributed by atoms with Crippen molar-refractivity contribution in [3.63, 3.8) is 0 Å². The first-order valence-electron chi connectivity index (χ1n) is 7.84. The van der Waals surface area contributed by atoms with Crippen molar-refractivity contribution in [3.8, 4) is 0 Å². The Hall–Kier alpha value is -1.92. The number of benzene rings is 1. The Kier molecular flexibility index (Phi) is 6.12. The Morgan fingerprint density at radius 2 is 2.04 bits per heavy atom. The van der Waals surface area contributed by atoms with Gasteiger partial charge in [-0.2, -0.15) is 0 Å². The van der Waals surface area contributed by atoms with Crippen molar-refractivity contribution in [2.75, 3.05) is 18.5 Å². The monoisotopic (exact) mass is 321 g/mol. The summed E-state index contributed by atoms with van der Waals surface area (Å²) in [6.45, 7) is 4.50. The zero-order valence-corrected chi connectivity index (χ0v) is 13.5. The highest BCUT2D eigenvalue weighted by molar-refractivity contribution is 5.93. The van der Waals surface area contributed by atoms with Crippen molar-refractivity contribution in [2.24, 2.45) is 0 Å². The van der Waals surface area contributed by atoms with Crippen LogP contribution >= 0.6 is 0 Å². The highest BCUT2D eigenvalue weighted by Gasteiger charge is 2.20. The van der Waals surface area contributed by atoms with Gasteiger partial charge in [-0.15, -0.1) is 0 Å². The Balaban J connectivity index is 1.82. The summed E-state index contributed by atoms with van der Waals surface area (Å²) in [5.74, 6) is -1.69. The number of nitrogens with one attached hydrogen (secondary N) is 1. The van der Waals surface area contributed by atoms with Crippen LogP contribution < -0.4 is 5.32 Å². The minimum absolute atomic E-state index is 0.0852. The molecule has 126 valence electrons. The van der Waals surface area contributed by atoms with Crippen molar-refractivity contribution in [3.05, 3.63) is 29.8 Å². The fraction of sp³-hybridized carbons (Fsp3) is 0.529. The van der Waals surface area contributed by atoms with Gasteiger partial charge in [0, 0.05) is 12.3 Å². The first-order chi connectivity index (χ1) is 11.0. The molecule has 0 saturated carbocycles. The van der Waals surface area contributed by atoms with Gasteiger partial charge in [-0.25, -0.2) is 0 Å². The van der Waals surface area contributed by atoms with E-state index in [1.807, 2.05) is 0 Å². The number of carboxylic acids is 1. The maximum Gasteiger partial charge on any atom is 0.310 e. The van der Waals surface area contributed by atoms with Crippen LogP contribution in [0.5, 0.6) is 0 Å². The fourth-order valence-electron chi connectivity index (χ4n) is 2.34. The molecule has 0 bridgehead atoms. The first-order valence-corrected chi connectivity index (χ1v) is 7.84. The molecule has 0 radical (unpaired) electrons. The van der Waals surface area contributed by atoms with Crippen LogP contribution in [-0.2, 0) is 19.1 Å². The largest absolute Gasteiger partial charge is 0.481 e. The summed E-state index contributed by atoms with van der Waals surface area (Å²) in [4.78, 5) is 23.0. The van der Waals surface area contributed by atoms with E-state index in [0.29, 0.717) is 17.9 Å². The van der Waals surface area contributed by atoms with Crippen LogP contribution in [0.1, 0.15) is 38.2 Å². The van der Waals surface area contributed by atoms with Crippen LogP contribution in [0, 0.1) is 0 Å². The molecule has 3 atom stereocenters. The second kappa shape index (κ2) is 8.08. The van der Waals surface area contributed by atoms with Gasteiger partial charge < -0.3 is 19.9 Å². The van der Waals surface area contributed by atoms with Crippen LogP contribution in [0.3, 0.4) is 0 Å². The highest BCUT2D eigenvalue weighted by atomic mass is 16.5. The van der Waals surface area contributed by atoms with E-state index in [9.17, 15) is 9.59 Å². The molecule has 6 heteroatoms. The van der Waals surface area contributed by atoms with Crippen molar-refractivity contribution < 1.29 is 24.2 Å². The molecule has 0 aliphatic carbocycles. The zero-order valence-electron chi connectivity index (χ0n) is 13.5. The Morgan fingerprint density at radius 3 is 2.61 bits per heavy atom. The van der Waals surface area contributed by atoms with Gasteiger partial charge in [-0.05, 0) is 44.4 Å². The third-order valence-electron chi connectivity index (χ3n) is 3.97. The molecule has 1 amide bonds. The molecule has 1 aromatic carbocycles. The van der Waals surface area contributed by atoms with Crippen LogP contribution in [0.25, 0.3) is 0 Å². The predicted molar refractivity (Wildman–Crippen MR) is 85.5 cm³/mol. The molecule has 6 nitrogen and oxygen atoms in total. The number of carbonyl (C=O) groups is 2. The summed E-state index contributed by atoms with van der Waals surface area (Å²) in [5, 5.41) is 11.7. The summed E-state index contributed by atoms with van der Waals surface area (Å²) >= 11 is 0. The number of amides is 1. The van der Waals surface area contributed by atoms with E-state index in [1.165, 1.54) is 0 Å².